The Morgan fingerprint density at radius 2 is 1.85 bits per heavy atom. The standard InChI is InChI=1S/C26H21ClN4O2S/c27-21-4-2-1-3-20(21)24-14-23-25(34-24)26(32)31(16-28-23)19-7-8-22-17(13-19)5-6-18(29-22)15-30-9-11-33-12-10-30/h1-8,13-14,16H,9-12,15H2. The summed E-state index contributed by atoms with van der Waals surface area (Å²) in [5.74, 6) is 0. The molecule has 0 amide bonds. The second-order valence-corrected chi connectivity index (χ2v) is 9.75. The third kappa shape index (κ3) is 4.01. The minimum absolute atomic E-state index is 0.0930. The van der Waals surface area contributed by atoms with Crippen LogP contribution in [0.2, 0.25) is 5.02 Å². The van der Waals surface area contributed by atoms with E-state index in [0.29, 0.717) is 15.2 Å². The van der Waals surface area contributed by atoms with Gasteiger partial charge in [-0.25, -0.2) is 4.98 Å². The van der Waals surface area contributed by atoms with Crippen LogP contribution in [0.4, 0.5) is 0 Å². The van der Waals surface area contributed by atoms with Crippen LogP contribution in [0.5, 0.6) is 0 Å². The van der Waals surface area contributed by atoms with Crippen molar-refractivity contribution in [1.29, 1.82) is 0 Å². The lowest BCUT2D eigenvalue weighted by atomic mass is 10.1. The molecule has 5 aromatic rings. The summed E-state index contributed by atoms with van der Waals surface area (Å²) in [6.45, 7) is 4.21. The number of thiophene rings is 1. The van der Waals surface area contributed by atoms with Gasteiger partial charge in [0.2, 0.25) is 0 Å². The Hall–Kier alpha value is -3.10. The number of rotatable bonds is 4. The van der Waals surface area contributed by atoms with Crippen LogP contribution in [0.3, 0.4) is 0 Å². The molecule has 6 rings (SSSR count). The summed E-state index contributed by atoms with van der Waals surface area (Å²) >= 11 is 7.78. The molecule has 6 nitrogen and oxygen atoms in total. The molecule has 170 valence electrons. The Morgan fingerprint density at radius 3 is 2.71 bits per heavy atom. The monoisotopic (exact) mass is 488 g/mol. The van der Waals surface area contributed by atoms with Crippen molar-refractivity contribution in [1.82, 2.24) is 19.4 Å². The maximum atomic E-state index is 13.3. The van der Waals surface area contributed by atoms with E-state index in [4.69, 9.17) is 21.3 Å². The topological polar surface area (TPSA) is 60.2 Å². The molecule has 0 radical (unpaired) electrons. The van der Waals surface area contributed by atoms with Crippen LogP contribution in [0.25, 0.3) is 37.2 Å². The number of fused-ring (bicyclic) bond motifs is 2. The Kier molecular flexibility index (Phi) is 5.63. The second-order valence-electron chi connectivity index (χ2n) is 8.29. The minimum atomic E-state index is -0.0930. The molecule has 0 N–H and O–H groups in total. The second kappa shape index (κ2) is 8.92. The predicted octanol–water partition coefficient (Wildman–Crippen LogP) is 5.15. The van der Waals surface area contributed by atoms with Gasteiger partial charge in [-0.3, -0.25) is 19.2 Å². The van der Waals surface area contributed by atoms with Crippen LogP contribution in [0.1, 0.15) is 5.69 Å². The average Bonchev–Trinajstić information content (AvgIpc) is 3.30. The molecule has 0 saturated carbocycles. The molecule has 0 spiro atoms. The molecule has 0 bridgehead atoms. The normalized spacial score (nSPS) is 14.7. The fraction of sp³-hybridized carbons (Fsp3) is 0.192. The summed E-state index contributed by atoms with van der Waals surface area (Å²) in [5, 5.41) is 1.64. The Balaban J connectivity index is 1.34. The summed E-state index contributed by atoms with van der Waals surface area (Å²) in [5.41, 5.74) is 4.20. The van der Waals surface area contributed by atoms with E-state index in [-0.39, 0.29) is 5.56 Å². The lowest BCUT2D eigenvalue weighted by Gasteiger charge is -2.26. The largest absolute Gasteiger partial charge is 0.379 e. The molecule has 0 atom stereocenters. The van der Waals surface area contributed by atoms with E-state index >= 15 is 0 Å². The summed E-state index contributed by atoms with van der Waals surface area (Å²) in [6.07, 6.45) is 1.59. The van der Waals surface area contributed by atoms with E-state index in [0.717, 1.165) is 65.6 Å². The first-order chi connectivity index (χ1) is 16.7. The van der Waals surface area contributed by atoms with Gasteiger partial charge < -0.3 is 4.74 Å². The van der Waals surface area contributed by atoms with Crippen molar-refractivity contribution in [2.24, 2.45) is 0 Å². The van der Waals surface area contributed by atoms with Gasteiger partial charge in [0, 0.05) is 40.5 Å². The fourth-order valence-electron chi connectivity index (χ4n) is 4.27. The van der Waals surface area contributed by atoms with Crippen LogP contribution >= 0.6 is 22.9 Å². The zero-order chi connectivity index (χ0) is 23.1. The van der Waals surface area contributed by atoms with Gasteiger partial charge in [0.05, 0.1) is 35.6 Å². The molecule has 0 unspecified atom stereocenters. The molecule has 0 aliphatic carbocycles. The zero-order valence-electron chi connectivity index (χ0n) is 18.3. The number of hydrogen-bond acceptors (Lipinski definition) is 6. The van der Waals surface area contributed by atoms with Gasteiger partial charge >= 0.3 is 0 Å². The quantitative estimate of drug-likeness (QED) is 0.350. The van der Waals surface area contributed by atoms with Crippen molar-refractivity contribution in [3.63, 3.8) is 0 Å². The lowest BCUT2D eigenvalue weighted by Crippen LogP contribution is -2.35. The average molecular weight is 489 g/mol. The van der Waals surface area contributed by atoms with Crippen LogP contribution in [0, 0.1) is 0 Å². The van der Waals surface area contributed by atoms with Crippen LogP contribution in [-0.4, -0.2) is 45.7 Å². The molecular formula is C26H21ClN4O2S. The predicted molar refractivity (Wildman–Crippen MR) is 137 cm³/mol. The summed E-state index contributed by atoms with van der Waals surface area (Å²) in [4.78, 5) is 26.0. The van der Waals surface area contributed by atoms with Crippen LogP contribution < -0.4 is 5.56 Å². The molecule has 3 aromatic heterocycles. The Labute approximate surface area is 205 Å². The van der Waals surface area contributed by atoms with Gasteiger partial charge in [0.25, 0.3) is 5.56 Å². The van der Waals surface area contributed by atoms with Gasteiger partial charge in [-0.05, 0) is 36.4 Å². The first-order valence-corrected chi connectivity index (χ1v) is 12.3. The molecule has 34 heavy (non-hydrogen) atoms. The number of benzene rings is 2. The zero-order valence-corrected chi connectivity index (χ0v) is 19.9. The van der Waals surface area contributed by atoms with Gasteiger partial charge in [-0.2, -0.15) is 0 Å². The summed E-state index contributed by atoms with van der Waals surface area (Å²) < 4.78 is 7.63. The van der Waals surface area contributed by atoms with Crippen molar-refractivity contribution in [2.75, 3.05) is 26.3 Å². The smallest absolute Gasteiger partial charge is 0.275 e. The van der Waals surface area contributed by atoms with E-state index in [2.05, 4.69) is 22.0 Å². The summed E-state index contributed by atoms with van der Waals surface area (Å²) in [6, 6.07) is 19.6. The van der Waals surface area contributed by atoms with E-state index < -0.39 is 0 Å². The van der Waals surface area contributed by atoms with Gasteiger partial charge in [-0.1, -0.05) is 35.9 Å². The fourth-order valence-corrected chi connectivity index (χ4v) is 5.65. The van der Waals surface area contributed by atoms with Gasteiger partial charge in [0.15, 0.2) is 0 Å². The lowest BCUT2D eigenvalue weighted by molar-refractivity contribution is 0.0337. The first-order valence-electron chi connectivity index (χ1n) is 11.1. The number of hydrogen-bond donors (Lipinski definition) is 0. The molecule has 1 fully saturated rings. The van der Waals surface area contributed by atoms with Crippen molar-refractivity contribution in [3.8, 4) is 16.1 Å². The molecule has 1 aliphatic rings. The van der Waals surface area contributed by atoms with Gasteiger partial charge in [-0.15, -0.1) is 11.3 Å². The third-order valence-corrected chi connectivity index (χ3v) is 7.55. The van der Waals surface area contributed by atoms with Crippen LogP contribution in [-0.2, 0) is 11.3 Å². The Morgan fingerprint density at radius 1 is 1.00 bits per heavy atom. The number of halogens is 1. The number of morpholine rings is 1. The van der Waals surface area contributed by atoms with Crippen molar-refractivity contribution < 1.29 is 4.74 Å². The van der Waals surface area contributed by atoms with E-state index in [1.165, 1.54) is 11.3 Å². The number of ether oxygens (including phenoxy) is 1. The SMILES string of the molecule is O=c1c2sc(-c3ccccc3Cl)cc2ncn1-c1ccc2nc(CN3CCOCC3)ccc2c1. The summed E-state index contributed by atoms with van der Waals surface area (Å²) in [7, 11) is 0. The van der Waals surface area contributed by atoms with E-state index in [9.17, 15) is 4.79 Å². The molecule has 1 saturated heterocycles. The number of nitrogens with zero attached hydrogens (tertiary/aromatic N) is 4. The van der Waals surface area contributed by atoms with Crippen molar-refractivity contribution in [2.45, 2.75) is 6.54 Å². The molecule has 1 aliphatic heterocycles. The highest BCUT2D eigenvalue weighted by Crippen LogP contribution is 2.35. The molecular weight excluding hydrogens is 468 g/mol. The van der Waals surface area contributed by atoms with Gasteiger partial charge in [0.1, 0.15) is 11.0 Å². The van der Waals surface area contributed by atoms with E-state index in [1.54, 1.807) is 10.9 Å². The van der Waals surface area contributed by atoms with Crippen molar-refractivity contribution in [3.05, 3.63) is 88.1 Å². The number of aromatic nitrogens is 3. The first kappa shape index (κ1) is 21.4. The third-order valence-electron chi connectivity index (χ3n) is 6.08. The highest BCUT2D eigenvalue weighted by Gasteiger charge is 2.14. The highest BCUT2D eigenvalue weighted by molar-refractivity contribution is 7.22. The minimum Gasteiger partial charge on any atom is -0.379 e. The number of pyridine rings is 1. The van der Waals surface area contributed by atoms with Crippen LogP contribution in [0.15, 0.2) is 71.8 Å². The maximum Gasteiger partial charge on any atom is 0.275 e. The molecule has 8 heteroatoms. The molecule has 4 heterocycles. The van der Waals surface area contributed by atoms with Crippen molar-refractivity contribution >= 4 is 44.1 Å². The molecule has 2 aromatic carbocycles. The Bertz CT molecular complexity index is 1570. The highest BCUT2D eigenvalue weighted by atomic mass is 35.5. The maximum absolute atomic E-state index is 13.3. The van der Waals surface area contributed by atoms with E-state index in [1.807, 2.05) is 48.5 Å².